The summed E-state index contributed by atoms with van der Waals surface area (Å²) in [6.45, 7) is 0. The van der Waals surface area contributed by atoms with Crippen LogP contribution in [0.2, 0.25) is 0 Å². The van der Waals surface area contributed by atoms with Crippen LogP contribution in [0, 0.1) is 11.3 Å². The average Bonchev–Trinajstić information content (AvgIpc) is 2.49. The van der Waals surface area contributed by atoms with Crippen molar-refractivity contribution in [2.75, 3.05) is 5.32 Å². The first kappa shape index (κ1) is 12.9. The van der Waals surface area contributed by atoms with Gasteiger partial charge in [0.1, 0.15) is 5.82 Å². The molecule has 2 N–H and O–H groups in total. The Labute approximate surface area is 118 Å². The number of fused-ring (bicyclic) bond motifs is 1. The lowest BCUT2D eigenvalue weighted by Gasteiger charge is -2.26. The third-order valence-electron chi connectivity index (χ3n) is 3.89. The van der Waals surface area contributed by atoms with E-state index in [0.29, 0.717) is 11.6 Å². The summed E-state index contributed by atoms with van der Waals surface area (Å²) in [4.78, 5) is 4.57. The summed E-state index contributed by atoms with van der Waals surface area (Å²) in [5, 5.41) is 23.1. The fraction of sp³-hybridized carbons (Fsp3) is 0.375. The van der Waals surface area contributed by atoms with Gasteiger partial charge < -0.3 is 10.4 Å². The van der Waals surface area contributed by atoms with Crippen molar-refractivity contribution < 1.29 is 5.11 Å². The van der Waals surface area contributed by atoms with Gasteiger partial charge in [-0.05, 0) is 37.8 Å². The molecule has 1 aromatic heterocycles. The summed E-state index contributed by atoms with van der Waals surface area (Å²) in [7, 11) is 0. The largest absolute Gasteiger partial charge is 0.393 e. The van der Waals surface area contributed by atoms with Crippen LogP contribution < -0.4 is 5.32 Å². The molecular weight excluding hydrogens is 250 g/mol. The number of pyridine rings is 1. The smallest absolute Gasteiger partial charge is 0.128 e. The number of aliphatic hydroxyl groups is 1. The number of aromatic nitrogens is 1. The van der Waals surface area contributed by atoms with Crippen LogP contribution in [-0.2, 0) is 0 Å². The van der Waals surface area contributed by atoms with Crippen LogP contribution in [-0.4, -0.2) is 22.2 Å². The maximum absolute atomic E-state index is 9.53. The van der Waals surface area contributed by atoms with Gasteiger partial charge in [-0.2, -0.15) is 5.26 Å². The van der Waals surface area contributed by atoms with E-state index < -0.39 is 0 Å². The van der Waals surface area contributed by atoms with E-state index in [0.717, 1.165) is 42.4 Å². The SMILES string of the molecule is N#Cc1cc(NC2CCC(O)CC2)nc2ccccc12. The average molecular weight is 267 g/mol. The Balaban J connectivity index is 1.87. The minimum atomic E-state index is -0.160. The van der Waals surface area contributed by atoms with Crippen LogP contribution in [0.1, 0.15) is 31.2 Å². The minimum absolute atomic E-state index is 0.160. The summed E-state index contributed by atoms with van der Waals surface area (Å²) in [5.41, 5.74) is 1.49. The number of rotatable bonds is 2. The van der Waals surface area contributed by atoms with Gasteiger partial charge >= 0.3 is 0 Å². The predicted molar refractivity (Wildman–Crippen MR) is 78.3 cm³/mol. The second-order valence-electron chi connectivity index (χ2n) is 5.33. The van der Waals surface area contributed by atoms with Crippen molar-refractivity contribution in [3.05, 3.63) is 35.9 Å². The van der Waals surface area contributed by atoms with E-state index in [1.165, 1.54) is 0 Å². The Bertz CT molecular complexity index is 654. The highest BCUT2D eigenvalue weighted by Gasteiger charge is 2.19. The number of anilines is 1. The van der Waals surface area contributed by atoms with E-state index in [1.807, 2.05) is 30.3 Å². The van der Waals surface area contributed by atoms with Crippen molar-refractivity contribution in [3.63, 3.8) is 0 Å². The summed E-state index contributed by atoms with van der Waals surface area (Å²) in [6.07, 6.45) is 3.38. The lowest BCUT2D eigenvalue weighted by atomic mass is 9.93. The normalized spacial score (nSPS) is 22.4. The van der Waals surface area contributed by atoms with E-state index in [2.05, 4.69) is 16.4 Å². The molecule has 0 amide bonds. The van der Waals surface area contributed by atoms with Gasteiger partial charge in [0, 0.05) is 11.4 Å². The highest BCUT2D eigenvalue weighted by Crippen LogP contribution is 2.24. The fourth-order valence-electron chi connectivity index (χ4n) is 2.77. The Morgan fingerprint density at radius 2 is 1.95 bits per heavy atom. The zero-order chi connectivity index (χ0) is 13.9. The van der Waals surface area contributed by atoms with Crippen LogP contribution in [0.15, 0.2) is 30.3 Å². The zero-order valence-corrected chi connectivity index (χ0v) is 11.2. The second kappa shape index (κ2) is 5.48. The van der Waals surface area contributed by atoms with E-state index in [9.17, 15) is 10.4 Å². The highest BCUT2D eigenvalue weighted by atomic mass is 16.3. The third-order valence-corrected chi connectivity index (χ3v) is 3.89. The van der Waals surface area contributed by atoms with E-state index in [4.69, 9.17) is 0 Å². The Hall–Kier alpha value is -2.12. The first-order valence-corrected chi connectivity index (χ1v) is 7.01. The van der Waals surface area contributed by atoms with Gasteiger partial charge in [-0.3, -0.25) is 0 Å². The van der Waals surface area contributed by atoms with Crippen molar-refractivity contribution in [2.45, 2.75) is 37.8 Å². The zero-order valence-electron chi connectivity index (χ0n) is 11.2. The van der Waals surface area contributed by atoms with Crippen LogP contribution >= 0.6 is 0 Å². The third kappa shape index (κ3) is 2.59. The molecule has 0 spiro atoms. The van der Waals surface area contributed by atoms with Gasteiger partial charge in [0.2, 0.25) is 0 Å². The highest BCUT2D eigenvalue weighted by molar-refractivity contribution is 5.86. The molecule has 20 heavy (non-hydrogen) atoms. The molecule has 1 fully saturated rings. The van der Waals surface area contributed by atoms with Gasteiger partial charge in [0.25, 0.3) is 0 Å². The molecule has 0 bridgehead atoms. The molecule has 0 aliphatic heterocycles. The fourth-order valence-corrected chi connectivity index (χ4v) is 2.77. The Morgan fingerprint density at radius 1 is 1.20 bits per heavy atom. The van der Waals surface area contributed by atoms with Crippen LogP contribution in [0.5, 0.6) is 0 Å². The monoisotopic (exact) mass is 267 g/mol. The Morgan fingerprint density at radius 3 is 2.70 bits per heavy atom. The molecule has 4 heteroatoms. The number of para-hydroxylation sites is 1. The lowest BCUT2D eigenvalue weighted by molar-refractivity contribution is 0.126. The van der Waals surface area contributed by atoms with Gasteiger partial charge in [-0.25, -0.2) is 4.98 Å². The van der Waals surface area contributed by atoms with Crippen molar-refractivity contribution in [2.24, 2.45) is 0 Å². The number of nitriles is 1. The number of hydrogen-bond donors (Lipinski definition) is 2. The molecule has 1 aromatic carbocycles. The van der Waals surface area contributed by atoms with Crippen molar-refractivity contribution >= 4 is 16.7 Å². The van der Waals surface area contributed by atoms with E-state index in [-0.39, 0.29) is 6.10 Å². The minimum Gasteiger partial charge on any atom is -0.393 e. The van der Waals surface area contributed by atoms with Gasteiger partial charge in [-0.1, -0.05) is 18.2 Å². The number of nitrogens with one attached hydrogen (secondary N) is 1. The molecular formula is C16H17N3O. The molecule has 0 radical (unpaired) electrons. The molecule has 3 rings (SSSR count). The first-order valence-electron chi connectivity index (χ1n) is 7.01. The quantitative estimate of drug-likeness (QED) is 0.878. The molecule has 0 saturated heterocycles. The van der Waals surface area contributed by atoms with Crippen molar-refractivity contribution in [3.8, 4) is 6.07 Å². The van der Waals surface area contributed by atoms with Crippen LogP contribution in [0.25, 0.3) is 10.9 Å². The summed E-state index contributed by atoms with van der Waals surface area (Å²) in [6, 6.07) is 12.1. The maximum atomic E-state index is 9.53. The van der Waals surface area contributed by atoms with Crippen molar-refractivity contribution in [1.29, 1.82) is 5.26 Å². The van der Waals surface area contributed by atoms with Crippen molar-refractivity contribution in [1.82, 2.24) is 4.98 Å². The number of hydrogen-bond acceptors (Lipinski definition) is 4. The van der Waals surface area contributed by atoms with Crippen LogP contribution in [0.4, 0.5) is 5.82 Å². The van der Waals surface area contributed by atoms with Gasteiger partial charge in [0.05, 0.1) is 23.3 Å². The van der Waals surface area contributed by atoms with Gasteiger partial charge in [-0.15, -0.1) is 0 Å². The summed E-state index contributed by atoms with van der Waals surface area (Å²) < 4.78 is 0. The maximum Gasteiger partial charge on any atom is 0.128 e. The molecule has 1 heterocycles. The first-order chi connectivity index (χ1) is 9.76. The molecule has 2 aromatic rings. The van der Waals surface area contributed by atoms with Crippen LogP contribution in [0.3, 0.4) is 0 Å². The molecule has 1 saturated carbocycles. The second-order valence-corrected chi connectivity index (χ2v) is 5.33. The topological polar surface area (TPSA) is 68.9 Å². The Kier molecular flexibility index (Phi) is 3.53. The molecule has 102 valence electrons. The van der Waals surface area contributed by atoms with E-state index in [1.54, 1.807) is 0 Å². The summed E-state index contributed by atoms with van der Waals surface area (Å²) in [5.74, 6) is 0.752. The standard InChI is InChI=1S/C16H17N3O/c17-10-11-9-16(18-12-5-7-13(20)8-6-12)19-15-4-2-1-3-14(11)15/h1-4,9,12-13,20H,5-8H2,(H,18,19). The van der Waals surface area contributed by atoms with Gasteiger partial charge in [0.15, 0.2) is 0 Å². The number of aliphatic hydroxyl groups excluding tert-OH is 1. The molecule has 1 aliphatic carbocycles. The molecule has 0 unspecified atom stereocenters. The molecule has 4 nitrogen and oxygen atoms in total. The number of benzene rings is 1. The molecule has 1 aliphatic rings. The number of nitrogens with zero attached hydrogens (tertiary/aromatic N) is 2. The summed E-state index contributed by atoms with van der Waals surface area (Å²) >= 11 is 0. The lowest BCUT2D eigenvalue weighted by Crippen LogP contribution is -2.28. The van der Waals surface area contributed by atoms with E-state index >= 15 is 0 Å². The molecule has 0 atom stereocenters. The predicted octanol–water partition coefficient (Wildman–Crippen LogP) is 2.82.